The lowest BCUT2D eigenvalue weighted by molar-refractivity contribution is -0.115. The average molecular weight is 395 g/mol. The molecular weight excluding hydrogens is 376 g/mol. The Morgan fingerprint density at radius 1 is 1.19 bits per heavy atom. The number of thioether (sulfide) groups is 1. The van der Waals surface area contributed by atoms with Gasteiger partial charge < -0.3 is 14.6 Å². The fraction of sp³-hybridized carbons (Fsp3) is 0.143. The molecule has 0 bridgehead atoms. The number of nitrogens with zero attached hydrogens (tertiary/aromatic N) is 1. The fourth-order valence-electron chi connectivity index (χ4n) is 3.11. The SMILES string of the molecule is Cc1ccccc1OCCn1cc(/C=C2/SC(=S)NC2=O)c2ccccc21. The molecule has 0 radical (unpaired) electrons. The molecule has 0 saturated carbocycles. The third-order valence-corrected chi connectivity index (χ3v) is 5.59. The fourth-order valence-corrected chi connectivity index (χ4v) is 4.14. The number of carbonyl (C=O) groups is 1. The van der Waals surface area contributed by atoms with Crippen molar-refractivity contribution >= 4 is 51.2 Å². The lowest BCUT2D eigenvalue weighted by Crippen LogP contribution is -2.17. The Morgan fingerprint density at radius 3 is 2.74 bits per heavy atom. The third-order valence-electron chi connectivity index (χ3n) is 4.43. The maximum absolute atomic E-state index is 12.0. The van der Waals surface area contributed by atoms with Crippen molar-refractivity contribution < 1.29 is 9.53 Å². The van der Waals surface area contributed by atoms with Gasteiger partial charge in [0.25, 0.3) is 5.91 Å². The van der Waals surface area contributed by atoms with Gasteiger partial charge >= 0.3 is 0 Å². The monoisotopic (exact) mass is 394 g/mol. The van der Waals surface area contributed by atoms with E-state index in [1.807, 2.05) is 49.4 Å². The number of para-hydroxylation sites is 2. The van der Waals surface area contributed by atoms with Crippen LogP contribution in [-0.4, -0.2) is 21.4 Å². The molecule has 1 aromatic heterocycles. The normalized spacial score (nSPS) is 15.5. The summed E-state index contributed by atoms with van der Waals surface area (Å²) in [5, 5.41) is 3.76. The second kappa shape index (κ2) is 7.58. The molecule has 0 aliphatic carbocycles. The molecule has 1 amide bonds. The van der Waals surface area contributed by atoms with Crippen molar-refractivity contribution in [1.29, 1.82) is 0 Å². The highest BCUT2D eigenvalue weighted by atomic mass is 32.2. The van der Waals surface area contributed by atoms with Gasteiger partial charge in [-0.05, 0) is 30.7 Å². The topological polar surface area (TPSA) is 43.3 Å². The summed E-state index contributed by atoms with van der Waals surface area (Å²) in [5.41, 5.74) is 3.24. The number of fused-ring (bicyclic) bond motifs is 1. The van der Waals surface area contributed by atoms with Crippen LogP contribution in [0.25, 0.3) is 17.0 Å². The molecule has 2 aromatic carbocycles. The number of aromatic nitrogens is 1. The molecule has 27 heavy (non-hydrogen) atoms. The molecule has 4 rings (SSSR count). The Hall–Kier alpha value is -2.57. The molecule has 0 atom stereocenters. The number of nitrogens with one attached hydrogen (secondary N) is 1. The van der Waals surface area contributed by atoms with Crippen LogP contribution in [0.15, 0.2) is 59.6 Å². The van der Waals surface area contributed by atoms with Crippen LogP contribution in [0.4, 0.5) is 0 Å². The van der Waals surface area contributed by atoms with Gasteiger partial charge in [0, 0.05) is 22.7 Å². The molecule has 1 fully saturated rings. The Labute approximate surface area is 167 Å². The van der Waals surface area contributed by atoms with Crippen molar-refractivity contribution in [3.8, 4) is 5.75 Å². The van der Waals surface area contributed by atoms with Gasteiger partial charge in [0.05, 0.1) is 11.4 Å². The summed E-state index contributed by atoms with van der Waals surface area (Å²) in [7, 11) is 0. The largest absolute Gasteiger partial charge is 0.491 e. The van der Waals surface area contributed by atoms with Gasteiger partial charge in [-0.3, -0.25) is 4.79 Å². The number of ether oxygens (including phenoxy) is 1. The molecule has 1 N–H and O–H groups in total. The molecule has 0 spiro atoms. The van der Waals surface area contributed by atoms with E-state index in [1.165, 1.54) is 11.8 Å². The second-order valence-corrected chi connectivity index (χ2v) is 7.98. The summed E-state index contributed by atoms with van der Waals surface area (Å²) in [6.07, 6.45) is 3.97. The van der Waals surface area contributed by atoms with Crippen LogP contribution in [0.5, 0.6) is 5.75 Å². The molecule has 0 unspecified atom stereocenters. The van der Waals surface area contributed by atoms with Crippen molar-refractivity contribution in [3.05, 3.63) is 70.8 Å². The smallest absolute Gasteiger partial charge is 0.263 e. The van der Waals surface area contributed by atoms with E-state index in [0.29, 0.717) is 15.8 Å². The van der Waals surface area contributed by atoms with E-state index in [9.17, 15) is 4.79 Å². The van der Waals surface area contributed by atoms with E-state index in [-0.39, 0.29) is 5.91 Å². The zero-order valence-electron chi connectivity index (χ0n) is 14.8. The van der Waals surface area contributed by atoms with Crippen LogP contribution in [0, 0.1) is 6.92 Å². The van der Waals surface area contributed by atoms with E-state index in [2.05, 4.69) is 28.2 Å². The molecule has 1 saturated heterocycles. The third kappa shape index (κ3) is 3.77. The van der Waals surface area contributed by atoms with E-state index in [4.69, 9.17) is 17.0 Å². The minimum Gasteiger partial charge on any atom is -0.491 e. The summed E-state index contributed by atoms with van der Waals surface area (Å²) in [5.74, 6) is 0.772. The Morgan fingerprint density at radius 2 is 1.96 bits per heavy atom. The highest BCUT2D eigenvalue weighted by molar-refractivity contribution is 8.26. The first-order valence-corrected chi connectivity index (χ1v) is 9.85. The number of benzene rings is 2. The first kappa shape index (κ1) is 17.8. The lowest BCUT2D eigenvalue weighted by Gasteiger charge is -2.10. The van der Waals surface area contributed by atoms with Gasteiger partial charge in [-0.15, -0.1) is 0 Å². The zero-order chi connectivity index (χ0) is 18.8. The first-order chi connectivity index (χ1) is 13.1. The molecule has 4 nitrogen and oxygen atoms in total. The minimum atomic E-state index is -0.135. The Kier molecular flexibility index (Phi) is 5.01. The molecular formula is C21H18N2O2S2. The summed E-state index contributed by atoms with van der Waals surface area (Å²) in [6, 6.07) is 16.2. The zero-order valence-corrected chi connectivity index (χ0v) is 16.4. The van der Waals surface area contributed by atoms with E-state index < -0.39 is 0 Å². The number of thiocarbonyl (C=S) groups is 1. The maximum Gasteiger partial charge on any atom is 0.263 e. The predicted octanol–water partition coefficient (Wildman–Crippen LogP) is 4.52. The highest BCUT2D eigenvalue weighted by Gasteiger charge is 2.22. The number of aryl methyl sites for hydroxylation is 1. The quantitative estimate of drug-likeness (QED) is 0.510. The Bertz CT molecular complexity index is 1070. The Balaban J connectivity index is 1.59. The lowest BCUT2D eigenvalue weighted by atomic mass is 10.1. The van der Waals surface area contributed by atoms with Crippen LogP contribution in [0.3, 0.4) is 0 Å². The summed E-state index contributed by atoms with van der Waals surface area (Å²) in [6.45, 7) is 3.33. The van der Waals surface area contributed by atoms with E-state index in [1.54, 1.807) is 0 Å². The maximum atomic E-state index is 12.0. The molecule has 136 valence electrons. The van der Waals surface area contributed by atoms with E-state index in [0.717, 1.165) is 34.3 Å². The van der Waals surface area contributed by atoms with Crippen LogP contribution in [-0.2, 0) is 11.3 Å². The van der Waals surface area contributed by atoms with Crippen LogP contribution >= 0.6 is 24.0 Å². The summed E-state index contributed by atoms with van der Waals surface area (Å²) < 4.78 is 8.61. The molecule has 6 heteroatoms. The van der Waals surface area contributed by atoms with Gasteiger partial charge in [-0.2, -0.15) is 0 Å². The summed E-state index contributed by atoms with van der Waals surface area (Å²) in [4.78, 5) is 12.6. The number of amides is 1. The van der Waals surface area contributed by atoms with Gasteiger partial charge in [0.15, 0.2) is 0 Å². The van der Waals surface area contributed by atoms with Gasteiger partial charge in [-0.1, -0.05) is 60.4 Å². The molecule has 1 aliphatic heterocycles. The van der Waals surface area contributed by atoms with Crippen molar-refractivity contribution in [2.75, 3.05) is 6.61 Å². The molecule has 3 aromatic rings. The number of carbonyl (C=O) groups excluding carboxylic acids is 1. The van der Waals surface area contributed by atoms with Crippen molar-refractivity contribution in [3.63, 3.8) is 0 Å². The van der Waals surface area contributed by atoms with Crippen LogP contribution < -0.4 is 10.1 Å². The number of hydrogen-bond donors (Lipinski definition) is 1. The van der Waals surface area contributed by atoms with Crippen LogP contribution in [0.2, 0.25) is 0 Å². The standard InChI is InChI=1S/C21H18N2O2S2/c1-14-6-2-5-9-18(14)25-11-10-23-13-15(16-7-3-4-8-17(16)23)12-19-20(24)22-21(26)27-19/h2-9,12-13H,10-11H2,1H3,(H,22,24,26)/b19-12+. The van der Waals surface area contributed by atoms with Gasteiger partial charge in [0.1, 0.15) is 16.7 Å². The molecule has 2 heterocycles. The number of hydrogen-bond acceptors (Lipinski definition) is 4. The summed E-state index contributed by atoms with van der Waals surface area (Å²) >= 11 is 6.37. The average Bonchev–Trinajstić information content (AvgIpc) is 3.17. The van der Waals surface area contributed by atoms with E-state index >= 15 is 0 Å². The second-order valence-electron chi connectivity index (χ2n) is 6.26. The minimum absolute atomic E-state index is 0.135. The predicted molar refractivity (Wildman–Crippen MR) is 115 cm³/mol. The first-order valence-electron chi connectivity index (χ1n) is 8.63. The highest BCUT2D eigenvalue weighted by Crippen LogP contribution is 2.30. The molecule has 1 aliphatic rings. The van der Waals surface area contributed by atoms with Crippen molar-refractivity contribution in [2.45, 2.75) is 13.5 Å². The number of rotatable bonds is 5. The van der Waals surface area contributed by atoms with Gasteiger partial charge in [0.2, 0.25) is 0 Å². The van der Waals surface area contributed by atoms with Crippen molar-refractivity contribution in [1.82, 2.24) is 9.88 Å². The van der Waals surface area contributed by atoms with Crippen LogP contribution in [0.1, 0.15) is 11.1 Å². The van der Waals surface area contributed by atoms with Crippen molar-refractivity contribution in [2.24, 2.45) is 0 Å². The van der Waals surface area contributed by atoms with Gasteiger partial charge in [-0.25, -0.2) is 0 Å².